The molecule has 1 fully saturated rings. The number of carbonyl (C=O) groups excluding carboxylic acids is 2. The summed E-state index contributed by atoms with van der Waals surface area (Å²) < 4.78 is 2.03. The number of fused-ring (bicyclic) bond motifs is 2. The summed E-state index contributed by atoms with van der Waals surface area (Å²) >= 11 is 0. The van der Waals surface area contributed by atoms with Gasteiger partial charge in [0.15, 0.2) is 0 Å². The van der Waals surface area contributed by atoms with Crippen molar-refractivity contribution < 1.29 is 14.2 Å². The average Bonchev–Trinajstić information content (AvgIpc) is 2.97. The maximum Gasteiger partial charge on any atom is 0.397 e. The van der Waals surface area contributed by atoms with E-state index in [1.54, 1.807) is 7.05 Å². The van der Waals surface area contributed by atoms with E-state index >= 15 is 0 Å². The highest BCUT2D eigenvalue weighted by Gasteiger charge is 2.54. The Morgan fingerprint density at radius 2 is 1.80 bits per heavy atom. The van der Waals surface area contributed by atoms with E-state index in [0.29, 0.717) is 11.8 Å². The summed E-state index contributed by atoms with van der Waals surface area (Å²) in [5.41, 5.74) is 2.25. The van der Waals surface area contributed by atoms with Gasteiger partial charge in [-0.1, -0.05) is 29.6 Å². The van der Waals surface area contributed by atoms with Crippen LogP contribution in [0.15, 0.2) is 29.3 Å². The van der Waals surface area contributed by atoms with E-state index in [1.165, 1.54) is 22.4 Å². The highest BCUT2D eigenvalue weighted by atomic mass is 16.2. The third-order valence-corrected chi connectivity index (χ3v) is 5.10. The van der Waals surface area contributed by atoms with Crippen LogP contribution in [0.4, 0.5) is 10.5 Å². The summed E-state index contributed by atoms with van der Waals surface area (Å²) in [6, 6.07) is 7.44. The minimum Gasteiger partial charge on any atom is -0.270 e. The van der Waals surface area contributed by atoms with Crippen molar-refractivity contribution in [1.29, 1.82) is 0 Å². The molecule has 0 aliphatic carbocycles. The zero-order valence-electron chi connectivity index (χ0n) is 14.9. The van der Waals surface area contributed by atoms with Crippen LogP contribution >= 0.6 is 0 Å². The topological polar surface area (TPSA) is 59.2 Å². The summed E-state index contributed by atoms with van der Waals surface area (Å²) in [6.45, 7) is 5.81. The van der Waals surface area contributed by atoms with Gasteiger partial charge in [-0.3, -0.25) is 14.6 Å². The number of aryl methyl sites for hydroxylation is 1. The Balaban J connectivity index is 1.81. The highest BCUT2D eigenvalue weighted by Crippen LogP contribution is 2.27. The second-order valence-corrected chi connectivity index (χ2v) is 7.12. The number of anilines is 1. The molecule has 0 N–H and O–H groups in total. The Morgan fingerprint density at radius 3 is 2.48 bits per heavy atom. The first-order chi connectivity index (χ1) is 11.9. The standard InChI is InChI=1S/C18H22N5O2/c1-11-5-7-13(8-6-11)22-9-12(2)10-23-14-15(19-17(22)23)20(3)18(25)21(4)16(14)24/h5-8,12,14H,9-10H2,1-4H3/q+1. The highest BCUT2D eigenvalue weighted by molar-refractivity contribution is 6.23. The molecule has 2 atom stereocenters. The normalized spacial score (nSPS) is 26.1. The molecule has 2 unspecified atom stereocenters. The summed E-state index contributed by atoms with van der Waals surface area (Å²) in [7, 11) is 3.21. The van der Waals surface area contributed by atoms with Gasteiger partial charge in [0.05, 0.1) is 13.1 Å². The van der Waals surface area contributed by atoms with Gasteiger partial charge in [0.1, 0.15) is 5.69 Å². The van der Waals surface area contributed by atoms with Gasteiger partial charge in [0.25, 0.3) is 5.91 Å². The smallest absolute Gasteiger partial charge is 0.270 e. The predicted octanol–water partition coefficient (Wildman–Crippen LogP) is 1.12. The Bertz CT molecular complexity index is 826. The van der Waals surface area contributed by atoms with Gasteiger partial charge >= 0.3 is 12.0 Å². The number of benzene rings is 1. The van der Waals surface area contributed by atoms with E-state index in [1.807, 2.05) is 4.58 Å². The molecule has 1 aromatic carbocycles. The van der Waals surface area contributed by atoms with Crippen molar-refractivity contribution in [3.05, 3.63) is 29.8 Å². The van der Waals surface area contributed by atoms with E-state index in [9.17, 15) is 9.59 Å². The van der Waals surface area contributed by atoms with E-state index in [-0.39, 0.29) is 11.9 Å². The number of amides is 3. The fourth-order valence-corrected chi connectivity index (χ4v) is 3.72. The van der Waals surface area contributed by atoms with Crippen LogP contribution in [0.2, 0.25) is 0 Å². The molecule has 0 aromatic heterocycles. The molecule has 3 aliphatic heterocycles. The number of imide groups is 1. The SMILES string of the molecule is Cc1ccc(N2CC(C)C[N+]3=C2N=C2C3C(=O)N(C)C(=O)N2C)cc1. The van der Waals surface area contributed by atoms with Crippen LogP contribution in [0, 0.1) is 12.8 Å². The Labute approximate surface area is 146 Å². The molecule has 7 heteroatoms. The number of aliphatic imine (C=N–C) groups is 1. The molecule has 0 radical (unpaired) electrons. The number of urea groups is 1. The van der Waals surface area contributed by atoms with Crippen molar-refractivity contribution in [3.8, 4) is 0 Å². The minimum absolute atomic E-state index is 0.213. The number of likely N-dealkylation sites (N-methyl/N-ethyl adjacent to an activating group) is 2. The van der Waals surface area contributed by atoms with Crippen LogP contribution in [-0.4, -0.2) is 71.3 Å². The van der Waals surface area contributed by atoms with E-state index in [4.69, 9.17) is 4.99 Å². The van der Waals surface area contributed by atoms with Crippen molar-refractivity contribution in [2.75, 3.05) is 32.1 Å². The Morgan fingerprint density at radius 1 is 1.12 bits per heavy atom. The van der Waals surface area contributed by atoms with Crippen molar-refractivity contribution in [2.45, 2.75) is 19.9 Å². The van der Waals surface area contributed by atoms with E-state index in [0.717, 1.165) is 24.7 Å². The largest absolute Gasteiger partial charge is 0.397 e. The van der Waals surface area contributed by atoms with Crippen LogP contribution in [0.1, 0.15) is 12.5 Å². The monoisotopic (exact) mass is 340 g/mol. The summed E-state index contributed by atoms with van der Waals surface area (Å²) in [5, 5.41) is 0. The van der Waals surface area contributed by atoms with E-state index in [2.05, 4.69) is 43.0 Å². The summed E-state index contributed by atoms with van der Waals surface area (Å²) in [6.07, 6.45) is 0. The van der Waals surface area contributed by atoms with Crippen LogP contribution < -0.4 is 4.90 Å². The van der Waals surface area contributed by atoms with Gasteiger partial charge in [-0.05, 0) is 19.1 Å². The summed E-state index contributed by atoms with van der Waals surface area (Å²) in [5.74, 6) is 1.44. The quantitative estimate of drug-likeness (QED) is 0.720. The van der Waals surface area contributed by atoms with Crippen molar-refractivity contribution in [1.82, 2.24) is 9.80 Å². The third-order valence-electron chi connectivity index (χ3n) is 5.10. The van der Waals surface area contributed by atoms with Gasteiger partial charge in [-0.2, -0.15) is 0 Å². The molecule has 7 nitrogen and oxygen atoms in total. The number of rotatable bonds is 1. The molecule has 0 bridgehead atoms. The van der Waals surface area contributed by atoms with Gasteiger partial charge < -0.3 is 0 Å². The summed E-state index contributed by atoms with van der Waals surface area (Å²) in [4.78, 5) is 34.5. The third kappa shape index (κ3) is 2.26. The van der Waals surface area contributed by atoms with Crippen LogP contribution in [0.3, 0.4) is 0 Å². The molecule has 3 aliphatic rings. The fourth-order valence-electron chi connectivity index (χ4n) is 3.72. The first kappa shape index (κ1) is 15.8. The van der Waals surface area contributed by atoms with Crippen LogP contribution in [0.25, 0.3) is 0 Å². The number of hydrogen-bond donors (Lipinski definition) is 0. The fraction of sp³-hybridized carbons (Fsp3) is 0.444. The molecule has 0 spiro atoms. The molecule has 3 amide bonds. The second kappa shape index (κ2) is 5.40. The van der Waals surface area contributed by atoms with Crippen LogP contribution in [-0.2, 0) is 4.79 Å². The molecule has 25 heavy (non-hydrogen) atoms. The predicted molar refractivity (Wildman–Crippen MR) is 95.0 cm³/mol. The van der Waals surface area contributed by atoms with Gasteiger partial charge in [0, 0.05) is 20.0 Å². The lowest BCUT2D eigenvalue weighted by Gasteiger charge is -2.33. The maximum absolute atomic E-state index is 12.7. The van der Waals surface area contributed by atoms with Crippen LogP contribution in [0.5, 0.6) is 0 Å². The van der Waals surface area contributed by atoms with E-state index < -0.39 is 6.04 Å². The molecule has 1 aromatic rings. The molecule has 0 saturated carbocycles. The number of amidine groups is 1. The number of guanidine groups is 1. The maximum atomic E-state index is 12.7. The lowest BCUT2D eigenvalue weighted by atomic mass is 10.1. The molecule has 3 heterocycles. The first-order valence-corrected chi connectivity index (χ1v) is 8.50. The zero-order chi connectivity index (χ0) is 17.9. The molecule has 4 rings (SSSR count). The Hall–Kier alpha value is -2.70. The number of nitrogens with zero attached hydrogens (tertiary/aromatic N) is 5. The average molecular weight is 340 g/mol. The molecule has 130 valence electrons. The first-order valence-electron chi connectivity index (χ1n) is 8.50. The van der Waals surface area contributed by atoms with Crippen molar-refractivity contribution in [3.63, 3.8) is 0 Å². The Kier molecular flexibility index (Phi) is 3.42. The molecule has 1 saturated heterocycles. The number of hydrogen-bond acceptors (Lipinski definition) is 4. The second-order valence-electron chi connectivity index (χ2n) is 7.12. The molecular weight excluding hydrogens is 318 g/mol. The molecular formula is C18H22N5O2+. The lowest BCUT2D eigenvalue weighted by Crippen LogP contribution is -2.62. The van der Waals surface area contributed by atoms with Crippen molar-refractivity contribution in [2.24, 2.45) is 10.9 Å². The van der Waals surface area contributed by atoms with Gasteiger partial charge in [-0.25, -0.2) is 14.3 Å². The van der Waals surface area contributed by atoms with Gasteiger partial charge in [0.2, 0.25) is 11.9 Å². The zero-order valence-corrected chi connectivity index (χ0v) is 14.9. The van der Waals surface area contributed by atoms with Crippen molar-refractivity contribution >= 4 is 29.4 Å². The lowest BCUT2D eigenvalue weighted by molar-refractivity contribution is -0.545. The number of carbonyl (C=O) groups is 2. The van der Waals surface area contributed by atoms with Gasteiger partial charge in [-0.15, -0.1) is 0 Å². The minimum atomic E-state index is -0.515.